The molecule has 3 unspecified atom stereocenters. The first kappa shape index (κ1) is 14.0. The summed E-state index contributed by atoms with van der Waals surface area (Å²) in [6, 6.07) is 2.74. The molecule has 0 amide bonds. The Kier molecular flexibility index (Phi) is 4.78. The molecule has 1 saturated heterocycles. The van der Waals surface area contributed by atoms with Gasteiger partial charge in [-0.25, -0.2) is 0 Å². The molecule has 0 aliphatic carbocycles. The first-order valence-electron chi connectivity index (χ1n) is 6.78. The monoisotopic (exact) mass is 268 g/mol. The van der Waals surface area contributed by atoms with Crippen LogP contribution in [0, 0.1) is 6.92 Å². The number of hydrogen-bond acceptors (Lipinski definition) is 4. The summed E-state index contributed by atoms with van der Waals surface area (Å²) in [7, 11) is 0. The Morgan fingerprint density at radius 1 is 1.61 bits per heavy atom. The second kappa shape index (κ2) is 6.15. The van der Waals surface area contributed by atoms with Crippen LogP contribution in [0.15, 0.2) is 11.4 Å². The quantitative estimate of drug-likeness (QED) is 0.912. The Hall–Kier alpha value is -0.420. The number of hydrogen-bond donors (Lipinski definition) is 1. The van der Waals surface area contributed by atoms with Crippen molar-refractivity contribution in [2.45, 2.75) is 45.4 Å². The molecule has 3 nitrogen and oxygen atoms in total. The second-order valence-corrected chi connectivity index (χ2v) is 6.11. The smallest absolute Gasteiger partial charge is 0.0674 e. The zero-order chi connectivity index (χ0) is 13.1. The van der Waals surface area contributed by atoms with Gasteiger partial charge in [0, 0.05) is 24.0 Å². The lowest BCUT2D eigenvalue weighted by Gasteiger charge is -2.39. The van der Waals surface area contributed by atoms with Gasteiger partial charge in [0.1, 0.15) is 0 Å². The topological polar surface area (TPSA) is 38.5 Å². The number of aryl methyl sites for hydroxylation is 1. The molecule has 1 fully saturated rings. The average molecular weight is 268 g/mol. The van der Waals surface area contributed by atoms with Crippen molar-refractivity contribution in [3.63, 3.8) is 0 Å². The number of thiophene rings is 1. The van der Waals surface area contributed by atoms with Crippen molar-refractivity contribution in [3.05, 3.63) is 21.9 Å². The summed E-state index contributed by atoms with van der Waals surface area (Å²) < 4.78 is 5.64. The number of morpholine rings is 1. The summed E-state index contributed by atoms with van der Waals surface area (Å²) in [5.74, 6) is 0. The lowest BCUT2D eigenvalue weighted by atomic mass is 9.99. The summed E-state index contributed by atoms with van der Waals surface area (Å²) in [5.41, 5.74) is 7.75. The standard InChI is InChI=1S/C14H24N2OS/c1-4-12(15)13(14-10(2)5-8-18-14)16-6-7-17-11(3)9-16/h5,8,11-13H,4,6-7,9,15H2,1-3H3. The average Bonchev–Trinajstić information content (AvgIpc) is 2.76. The van der Waals surface area contributed by atoms with Gasteiger partial charge in [-0.3, -0.25) is 4.90 Å². The van der Waals surface area contributed by atoms with Crippen LogP contribution >= 0.6 is 11.3 Å². The van der Waals surface area contributed by atoms with Crippen molar-refractivity contribution >= 4 is 11.3 Å². The second-order valence-electron chi connectivity index (χ2n) is 5.16. The summed E-state index contributed by atoms with van der Waals surface area (Å²) in [4.78, 5) is 3.93. The Morgan fingerprint density at radius 3 is 2.94 bits per heavy atom. The van der Waals surface area contributed by atoms with Gasteiger partial charge in [0.2, 0.25) is 0 Å². The maximum Gasteiger partial charge on any atom is 0.0674 e. The maximum atomic E-state index is 6.38. The zero-order valence-corrected chi connectivity index (χ0v) is 12.4. The molecule has 4 heteroatoms. The molecule has 1 aromatic heterocycles. The van der Waals surface area contributed by atoms with E-state index in [-0.39, 0.29) is 6.04 Å². The van der Waals surface area contributed by atoms with Gasteiger partial charge in [-0.1, -0.05) is 6.92 Å². The van der Waals surface area contributed by atoms with E-state index in [0.29, 0.717) is 12.1 Å². The lowest BCUT2D eigenvalue weighted by molar-refractivity contribution is -0.0381. The van der Waals surface area contributed by atoms with Crippen molar-refractivity contribution in [2.75, 3.05) is 19.7 Å². The molecule has 0 aromatic carbocycles. The minimum absolute atomic E-state index is 0.202. The molecular weight excluding hydrogens is 244 g/mol. The molecule has 102 valence electrons. The van der Waals surface area contributed by atoms with Crippen LogP contribution in [0.3, 0.4) is 0 Å². The van der Waals surface area contributed by atoms with E-state index in [4.69, 9.17) is 10.5 Å². The minimum Gasteiger partial charge on any atom is -0.376 e. The molecule has 1 aliphatic heterocycles. The molecule has 18 heavy (non-hydrogen) atoms. The van der Waals surface area contributed by atoms with Crippen molar-refractivity contribution in [1.82, 2.24) is 4.90 Å². The van der Waals surface area contributed by atoms with Crippen molar-refractivity contribution in [3.8, 4) is 0 Å². The number of nitrogens with two attached hydrogens (primary N) is 1. The van der Waals surface area contributed by atoms with Crippen LogP contribution in [-0.2, 0) is 4.74 Å². The Morgan fingerprint density at radius 2 is 2.39 bits per heavy atom. The highest BCUT2D eigenvalue weighted by Gasteiger charge is 2.30. The molecule has 2 rings (SSSR count). The highest BCUT2D eigenvalue weighted by molar-refractivity contribution is 7.10. The van der Waals surface area contributed by atoms with Gasteiger partial charge in [-0.2, -0.15) is 0 Å². The number of rotatable bonds is 4. The molecule has 3 atom stereocenters. The Labute approximate surface area is 114 Å². The number of nitrogens with zero attached hydrogens (tertiary/aromatic N) is 1. The van der Waals surface area contributed by atoms with E-state index in [2.05, 4.69) is 37.1 Å². The summed E-state index contributed by atoms with van der Waals surface area (Å²) in [6.45, 7) is 9.28. The lowest BCUT2D eigenvalue weighted by Crippen LogP contribution is -2.48. The highest BCUT2D eigenvalue weighted by Crippen LogP contribution is 2.32. The molecule has 2 N–H and O–H groups in total. The molecule has 0 spiro atoms. The van der Waals surface area contributed by atoms with Crippen LogP contribution in [0.5, 0.6) is 0 Å². The Balaban J connectivity index is 2.22. The van der Waals surface area contributed by atoms with E-state index in [1.165, 1.54) is 10.4 Å². The van der Waals surface area contributed by atoms with E-state index >= 15 is 0 Å². The molecule has 0 saturated carbocycles. The first-order chi connectivity index (χ1) is 8.63. The van der Waals surface area contributed by atoms with Gasteiger partial charge in [0.15, 0.2) is 0 Å². The van der Waals surface area contributed by atoms with E-state index in [1.807, 2.05) is 11.3 Å². The molecule has 1 aliphatic rings. The summed E-state index contributed by atoms with van der Waals surface area (Å²) >= 11 is 1.83. The third-order valence-electron chi connectivity index (χ3n) is 3.71. The molecule has 0 bridgehead atoms. The van der Waals surface area contributed by atoms with Gasteiger partial charge in [0.25, 0.3) is 0 Å². The van der Waals surface area contributed by atoms with Gasteiger partial charge < -0.3 is 10.5 Å². The maximum absolute atomic E-state index is 6.38. The van der Waals surface area contributed by atoms with E-state index in [1.54, 1.807) is 0 Å². The fourth-order valence-electron chi connectivity index (χ4n) is 2.64. The molecule has 0 radical (unpaired) electrons. The van der Waals surface area contributed by atoms with Gasteiger partial charge in [-0.15, -0.1) is 11.3 Å². The van der Waals surface area contributed by atoms with Crippen LogP contribution < -0.4 is 5.73 Å². The van der Waals surface area contributed by atoms with Crippen LogP contribution in [0.2, 0.25) is 0 Å². The van der Waals surface area contributed by atoms with E-state index < -0.39 is 0 Å². The van der Waals surface area contributed by atoms with Gasteiger partial charge in [-0.05, 0) is 37.3 Å². The summed E-state index contributed by atoms with van der Waals surface area (Å²) in [6.07, 6.45) is 1.32. The minimum atomic E-state index is 0.202. The SMILES string of the molecule is CCC(N)C(c1sccc1C)N1CCOC(C)C1. The predicted molar refractivity (Wildman–Crippen MR) is 77.1 cm³/mol. The first-order valence-corrected chi connectivity index (χ1v) is 7.66. The number of ether oxygens (including phenoxy) is 1. The normalized spacial score (nSPS) is 25.0. The van der Waals surface area contributed by atoms with Crippen LogP contribution in [-0.4, -0.2) is 36.7 Å². The van der Waals surface area contributed by atoms with Crippen LogP contribution in [0.4, 0.5) is 0 Å². The Bertz CT molecular complexity index is 380. The van der Waals surface area contributed by atoms with Crippen molar-refractivity contribution in [1.29, 1.82) is 0 Å². The zero-order valence-electron chi connectivity index (χ0n) is 11.6. The fourth-order valence-corrected chi connectivity index (χ4v) is 3.78. The predicted octanol–water partition coefficient (Wildman–Crippen LogP) is 2.56. The molecule has 1 aromatic rings. The third-order valence-corrected chi connectivity index (χ3v) is 4.80. The fraction of sp³-hybridized carbons (Fsp3) is 0.714. The van der Waals surface area contributed by atoms with Crippen LogP contribution in [0.1, 0.15) is 36.8 Å². The largest absolute Gasteiger partial charge is 0.376 e. The van der Waals surface area contributed by atoms with E-state index in [9.17, 15) is 0 Å². The van der Waals surface area contributed by atoms with Crippen LogP contribution in [0.25, 0.3) is 0 Å². The van der Waals surface area contributed by atoms with Gasteiger partial charge >= 0.3 is 0 Å². The third kappa shape index (κ3) is 2.94. The van der Waals surface area contributed by atoms with Gasteiger partial charge in [0.05, 0.1) is 18.8 Å². The molecule has 2 heterocycles. The van der Waals surface area contributed by atoms with Crippen molar-refractivity contribution < 1.29 is 4.74 Å². The van der Waals surface area contributed by atoms with Crippen molar-refractivity contribution in [2.24, 2.45) is 5.73 Å². The molecular formula is C14H24N2OS. The highest BCUT2D eigenvalue weighted by atomic mass is 32.1. The van der Waals surface area contributed by atoms with E-state index in [0.717, 1.165) is 26.1 Å². The summed E-state index contributed by atoms with van der Waals surface area (Å²) in [5, 5.41) is 2.17.